The number of hydrogen-bond acceptors (Lipinski definition) is 2. The molecule has 0 bridgehead atoms. The van der Waals surface area contributed by atoms with Gasteiger partial charge in [0, 0.05) is 13.1 Å². The van der Waals surface area contributed by atoms with Crippen molar-refractivity contribution in [1.29, 1.82) is 0 Å². The SMILES string of the molecule is CCN1CCC(OC(C)CCC(C)C)CC1. The molecule has 1 atom stereocenters. The van der Waals surface area contributed by atoms with E-state index >= 15 is 0 Å². The number of nitrogens with zero attached hydrogens (tertiary/aromatic N) is 1. The highest BCUT2D eigenvalue weighted by molar-refractivity contribution is 4.72. The minimum Gasteiger partial charge on any atom is -0.375 e. The van der Waals surface area contributed by atoms with E-state index in [1.54, 1.807) is 0 Å². The van der Waals surface area contributed by atoms with Crippen LogP contribution in [0.2, 0.25) is 0 Å². The molecule has 1 unspecified atom stereocenters. The first-order valence-electron chi connectivity index (χ1n) is 6.99. The molecule has 2 nitrogen and oxygen atoms in total. The van der Waals surface area contributed by atoms with Gasteiger partial charge in [0.2, 0.25) is 0 Å². The second-order valence-electron chi connectivity index (χ2n) is 5.55. The van der Waals surface area contributed by atoms with Gasteiger partial charge in [-0.2, -0.15) is 0 Å². The van der Waals surface area contributed by atoms with Crippen LogP contribution in [0.1, 0.15) is 53.4 Å². The van der Waals surface area contributed by atoms with Gasteiger partial charge in [-0.15, -0.1) is 0 Å². The van der Waals surface area contributed by atoms with E-state index in [2.05, 4.69) is 32.6 Å². The Bertz CT molecular complexity index is 174. The average Bonchev–Trinajstić information content (AvgIpc) is 2.27. The first kappa shape index (κ1) is 14.0. The monoisotopic (exact) mass is 227 g/mol. The molecule has 1 aliphatic rings. The standard InChI is InChI=1S/C14H29NO/c1-5-15-10-8-14(9-11-15)16-13(4)7-6-12(2)3/h12-14H,5-11H2,1-4H3. The molecule has 1 heterocycles. The zero-order valence-corrected chi connectivity index (χ0v) is 11.5. The van der Waals surface area contributed by atoms with Gasteiger partial charge in [-0.25, -0.2) is 0 Å². The molecule has 2 heteroatoms. The second-order valence-corrected chi connectivity index (χ2v) is 5.55. The van der Waals surface area contributed by atoms with Gasteiger partial charge in [-0.05, 0) is 45.1 Å². The van der Waals surface area contributed by atoms with Gasteiger partial charge < -0.3 is 9.64 Å². The van der Waals surface area contributed by atoms with Crippen molar-refractivity contribution < 1.29 is 4.74 Å². The fraction of sp³-hybridized carbons (Fsp3) is 1.00. The Labute approximate surface area is 101 Å². The van der Waals surface area contributed by atoms with Crippen molar-refractivity contribution in [3.8, 4) is 0 Å². The zero-order valence-electron chi connectivity index (χ0n) is 11.5. The van der Waals surface area contributed by atoms with Crippen LogP contribution in [0.25, 0.3) is 0 Å². The lowest BCUT2D eigenvalue weighted by Gasteiger charge is -2.32. The Morgan fingerprint density at radius 3 is 2.25 bits per heavy atom. The number of hydrogen-bond donors (Lipinski definition) is 0. The first-order valence-corrected chi connectivity index (χ1v) is 6.99. The van der Waals surface area contributed by atoms with Crippen LogP contribution in [-0.2, 0) is 4.74 Å². The molecule has 0 N–H and O–H groups in total. The van der Waals surface area contributed by atoms with Crippen molar-refractivity contribution in [2.75, 3.05) is 19.6 Å². The molecule has 0 radical (unpaired) electrons. The maximum Gasteiger partial charge on any atom is 0.0603 e. The third-order valence-electron chi connectivity index (χ3n) is 3.56. The quantitative estimate of drug-likeness (QED) is 0.690. The van der Waals surface area contributed by atoms with Crippen molar-refractivity contribution in [3.05, 3.63) is 0 Å². The van der Waals surface area contributed by atoms with Crippen molar-refractivity contribution in [3.63, 3.8) is 0 Å². The molecule has 0 aromatic carbocycles. The summed E-state index contributed by atoms with van der Waals surface area (Å²) in [5, 5.41) is 0. The largest absolute Gasteiger partial charge is 0.375 e. The van der Waals surface area contributed by atoms with E-state index in [-0.39, 0.29) is 0 Å². The minimum atomic E-state index is 0.445. The van der Waals surface area contributed by atoms with Gasteiger partial charge in [-0.3, -0.25) is 0 Å². The molecule has 1 aliphatic heterocycles. The molecule has 1 rings (SSSR count). The van der Waals surface area contributed by atoms with Crippen LogP contribution in [-0.4, -0.2) is 36.7 Å². The lowest BCUT2D eigenvalue weighted by Crippen LogP contribution is -2.37. The average molecular weight is 227 g/mol. The molecule has 16 heavy (non-hydrogen) atoms. The van der Waals surface area contributed by atoms with E-state index in [0.29, 0.717) is 12.2 Å². The highest BCUT2D eigenvalue weighted by Crippen LogP contribution is 2.17. The Kier molecular flexibility index (Phi) is 6.37. The molecule has 0 amide bonds. The predicted octanol–water partition coefficient (Wildman–Crippen LogP) is 3.31. The van der Waals surface area contributed by atoms with Crippen molar-refractivity contribution >= 4 is 0 Å². The van der Waals surface area contributed by atoms with Gasteiger partial charge in [0.25, 0.3) is 0 Å². The van der Waals surface area contributed by atoms with Gasteiger partial charge in [-0.1, -0.05) is 20.8 Å². The van der Waals surface area contributed by atoms with Crippen LogP contribution in [0.4, 0.5) is 0 Å². The van der Waals surface area contributed by atoms with E-state index in [1.165, 1.54) is 45.3 Å². The lowest BCUT2D eigenvalue weighted by molar-refractivity contribution is -0.0384. The van der Waals surface area contributed by atoms with Crippen molar-refractivity contribution in [1.82, 2.24) is 4.90 Å². The van der Waals surface area contributed by atoms with E-state index in [1.807, 2.05) is 0 Å². The number of ether oxygens (including phenoxy) is 1. The van der Waals surface area contributed by atoms with Crippen molar-refractivity contribution in [2.45, 2.75) is 65.6 Å². The maximum atomic E-state index is 6.11. The Morgan fingerprint density at radius 2 is 1.75 bits per heavy atom. The summed E-state index contributed by atoms with van der Waals surface area (Å²) in [4.78, 5) is 2.51. The molecule has 0 spiro atoms. The van der Waals surface area contributed by atoms with Crippen LogP contribution in [0.15, 0.2) is 0 Å². The van der Waals surface area contributed by atoms with Gasteiger partial charge in [0.1, 0.15) is 0 Å². The van der Waals surface area contributed by atoms with Crippen LogP contribution in [0.5, 0.6) is 0 Å². The van der Waals surface area contributed by atoms with E-state index in [4.69, 9.17) is 4.74 Å². The van der Waals surface area contributed by atoms with E-state index in [9.17, 15) is 0 Å². The summed E-state index contributed by atoms with van der Waals surface area (Å²) >= 11 is 0. The molecule has 0 saturated carbocycles. The summed E-state index contributed by atoms with van der Waals surface area (Å²) < 4.78 is 6.11. The Morgan fingerprint density at radius 1 is 1.12 bits per heavy atom. The molecule has 1 fully saturated rings. The minimum absolute atomic E-state index is 0.445. The molecule has 0 aromatic heterocycles. The summed E-state index contributed by atoms with van der Waals surface area (Å²) in [7, 11) is 0. The van der Waals surface area contributed by atoms with E-state index < -0.39 is 0 Å². The summed E-state index contributed by atoms with van der Waals surface area (Å²) in [5.41, 5.74) is 0. The van der Waals surface area contributed by atoms with Crippen molar-refractivity contribution in [2.24, 2.45) is 5.92 Å². The predicted molar refractivity (Wildman–Crippen MR) is 69.8 cm³/mol. The van der Waals surface area contributed by atoms with Crippen LogP contribution in [0.3, 0.4) is 0 Å². The molecule has 0 aliphatic carbocycles. The Hall–Kier alpha value is -0.0800. The molecular formula is C14H29NO. The maximum absolute atomic E-state index is 6.11. The van der Waals surface area contributed by atoms with Gasteiger partial charge in [0.05, 0.1) is 12.2 Å². The van der Waals surface area contributed by atoms with E-state index in [0.717, 1.165) is 5.92 Å². The van der Waals surface area contributed by atoms with Crippen LogP contribution < -0.4 is 0 Å². The van der Waals surface area contributed by atoms with Crippen LogP contribution >= 0.6 is 0 Å². The molecule has 96 valence electrons. The van der Waals surface area contributed by atoms with Crippen LogP contribution in [0, 0.1) is 5.92 Å². The fourth-order valence-electron chi connectivity index (χ4n) is 2.33. The summed E-state index contributed by atoms with van der Waals surface area (Å²) in [6.45, 7) is 12.7. The molecule has 1 saturated heterocycles. The normalized spacial score (nSPS) is 21.6. The number of piperidine rings is 1. The fourth-order valence-corrected chi connectivity index (χ4v) is 2.33. The summed E-state index contributed by atoms with van der Waals surface area (Å²) in [5.74, 6) is 0.799. The third kappa shape index (κ3) is 5.31. The molecule has 0 aromatic rings. The highest BCUT2D eigenvalue weighted by Gasteiger charge is 2.20. The molecular weight excluding hydrogens is 198 g/mol. The Balaban J connectivity index is 2.13. The summed E-state index contributed by atoms with van der Waals surface area (Å²) in [6, 6.07) is 0. The highest BCUT2D eigenvalue weighted by atomic mass is 16.5. The summed E-state index contributed by atoms with van der Waals surface area (Å²) in [6.07, 6.45) is 5.91. The zero-order chi connectivity index (χ0) is 12.0. The van der Waals surface area contributed by atoms with Gasteiger partial charge >= 0.3 is 0 Å². The lowest BCUT2D eigenvalue weighted by atomic mass is 10.0. The smallest absolute Gasteiger partial charge is 0.0603 e. The third-order valence-corrected chi connectivity index (χ3v) is 3.56. The number of rotatable bonds is 6. The number of likely N-dealkylation sites (tertiary alicyclic amines) is 1. The topological polar surface area (TPSA) is 12.5 Å². The second kappa shape index (κ2) is 7.29. The van der Waals surface area contributed by atoms with Gasteiger partial charge in [0.15, 0.2) is 0 Å². The first-order chi connectivity index (χ1) is 7.61.